The van der Waals surface area contributed by atoms with Crippen molar-refractivity contribution in [3.63, 3.8) is 0 Å². The van der Waals surface area contributed by atoms with Crippen LogP contribution < -0.4 is 5.32 Å². The summed E-state index contributed by atoms with van der Waals surface area (Å²) >= 11 is 1.61. The van der Waals surface area contributed by atoms with Gasteiger partial charge < -0.3 is 14.8 Å². The van der Waals surface area contributed by atoms with Gasteiger partial charge in [0.1, 0.15) is 6.10 Å². The van der Waals surface area contributed by atoms with Crippen LogP contribution >= 0.6 is 11.3 Å². The average Bonchev–Trinajstić information content (AvgIpc) is 3.08. The molecule has 1 saturated heterocycles. The Labute approximate surface area is 123 Å². The van der Waals surface area contributed by atoms with Gasteiger partial charge in [0, 0.05) is 24.3 Å². The van der Waals surface area contributed by atoms with Crippen molar-refractivity contribution < 1.29 is 14.3 Å². The second-order valence-corrected chi connectivity index (χ2v) is 6.61. The molecule has 0 bridgehead atoms. The maximum atomic E-state index is 11.8. The summed E-state index contributed by atoms with van der Waals surface area (Å²) in [6.45, 7) is 1.14. The summed E-state index contributed by atoms with van der Waals surface area (Å²) in [6.07, 6.45) is 6.07. The molecule has 2 heterocycles. The molecule has 1 amide bonds. The zero-order valence-corrected chi connectivity index (χ0v) is 12.4. The molecule has 3 rings (SSSR count). The van der Waals surface area contributed by atoms with E-state index in [0.29, 0.717) is 19.6 Å². The lowest BCUT2D eigenvalue weighted by atomic mass is 9.94. The minimum atomic E-state index is -0.346. The van der Waals surface area contributed by atoms with E-state index in [0.717, 1.165) is 17.7 Å². The van der Waals surface area contributed by atoms with Gasteiger partial charge >= 0.3 is 0 Å². The van der Waals surface area contributed by atoms with Crippen LogP contribution in [0.5, 0.6) is 0 Å². The van der Waals surface area contributed by atoms with Crippen molar-refractivity contribution in [1.82, 2.24) is 5.32 Å². The van der Waals surface area contributed by atoms with Crippen molar-refractivity contribution in [2.24, 2.45) is 0 Å². The van der Waals surface area contributed by atoms with Gasteiger partial charge in [-0.3, -0.25) is 4.79 Å². The highest BCUT2D eigenvalue weighted by molar-refractivity contribution is 7.10. The van der Waals surface area contributed by atoms with Gasteiger partial charge in [-0.25, -0.2) is 0 Å². The molecule has 1 aromatic heterocycles. The molecular formula is C15H21NO3S. The van der Waals surface area contributed by atoms with Crippen molar-refractivity contribution in [2.75, 3.05) is 13.2 Å². The van der Waals surface area contributed by atoms with Crippen LogP contribution in [0.4, 0.5) is 0 Å². The number of carbonyl (C=O) groups is 1. The molecular weight excluding hydrogens is 274 g/mol. The maximum Gasteiger partial charge on any atom is 0.225 e. The van der Waals surface area contributed by atoms with Gasteiger partial charge in [-0.2, -0.15) is 0 Å². The number of hydrogen-bond acceptors (Lipinski definition) is 4. The Morgan fingerprint density at radius 1 is 1.40 bits per heavy atom. The van der Waals surface area contributed by atoms with Gasteiger partial charge in [-0.05, 0) is 24.3 Å². The van der Waals surface area contributed by atoms with E-state index in [9.17, 15) is 4.79 Å². The van der Waals surface area contributed by atoms with E-state index < -0.39 is 0 Å². The van der Waals surface area contributed by atoms with E-state index in [1.54, 1.807) is 11.3 Å². The highest BCUT2D eigenvalue weighted by Crippen LogP contribution is 2.37. The normalized spacial score (nSPS) is 24.9. The molecule has 110 valence electrons. The summed E-state index contributed by atoms with van der Waals surface area (Å²) in [7, 11) is 0. The zero-order valence-electron chi connectivity index (χ0n) is 11.6. The van der Waals surface area contributed by atoms with Crippen molar-refractivity contribution >= 4 is 17.2 Å². The van der Waals surface area contributed by atoms with E-state index >= 15 is 0 Å². The highest BCUT2D eigenvalue weighted by atomic mass is 32.1. The number of amides is 1. The van der Waals surface area contributed by atoms with Gasteiger partial charge in [0.2, 0.25) is 5.91 Å². The first-order valence-electron chi connectivity index (χ1n) is 7.37. The van der Waals surface area contributed by atoms with Gasteiger partial charge in [0.15, 0.2) is 5.79 Å². The molecule has 0 aromatic carbocycles. The molecule has 1 aliphatic heterocycles. The fourth-order valence-corrected chi connectivity index (χ4v) is 3.63. The smallest absolute Gasteiger partial charge is 0.225 e. The van der Waals surface area contributed by atoms with E-state index in [4.69, 9.17) is 9.47 Å². The molecule has 1 aliphatic carbocycles. The third kappa shape index (κ3) is 3.40. The Kier molecular flexibility index (Phi) is 4.38. The number of carbonyl (C=O) groups excluding carboxylic acids is 1. The van der Waals surface area contributed by atoms with E-state index in [-0.39, 0.29) is 17.8 Å². The quantitative estimate of drug-likeness (QED) is 0.928. The maximum absolute atomic E-state index is 11.8. The lowest BCUT2D eigenvalue weighted by molar-refractivity contribution is -0.186. The zero-order chi connectivity index (χ0) is 13.8. The summed E-state index contributed by atoms with van der Waals surface area (Å²) < 4.78 is 11.9. The minimum Gasteiger partial charge on any atom is -0.353 e. The number of rotatable bonds is 4. The summed E-state index contributed by atoms with van der Waals surface area (Å²) in [5.74, 6) is -0.290. The first kappa shape index (κ1) is 14.0. The summed E-state index contributed by atoms with van der Waals surface area (Å²) in [4.78, 5) is 12.9. The monoisotopic (exact) mass is 295 g/mol. The molecule has 1 aromatic rings. The fourth-order valence-electron chi connectivity index (χ4n) is 2.93. The van der Waals surface area contributed by atoms with Crippen LogP contribution in [-0.4, -0.2) is 30.9 Å². The van der Waals surface area contributed by atoms with Gasteiger partial charge in [0.05, 0.1) is 13.0 Å². The second-order valence-electron chi connectivity index (χ2n) is 5.58. The topological polar surface area (TPSA) is 47.6 Å². The van der Waals surface area contributed by atoms with Crippen molar-refractivity contribution in [1.29, 1.82) is 0 Å². The molecule has 0 radical (unpaired) electrons. The summed E-state index contributed by atoms with van der Waals surface area (Å²) in [5.41, 5.74) is 0. The number of ether oxygens (including phenoxy) is 2. The molecule has 1 unspecified atom stereocenters. The van der Waals surface area contributed by atoms with Gasteiger partial charge in [-0.15, -0.1) is 11.3 Å². The average molecular weight is 295 g/mol. The Morgan fingerprint density at radius 2 is 2.25 bits per heavy atom. The van der Waals surface area contributed by atoms with Crippen LogP contribution in [-0.2, 0) is 20.7 Å². The molecule has 1 N–H and O–H groups in total. The molecule has 1 atom stereocenters. The predicted molar refractivity (Wildman–Crippen MR) is 77.7 cm³/mol. The van der Waals surface area contributed by atoms with Crippen molar-refractivity contribution in [3.05, 3.63) is 22.4 Å². The van der Waals surface area contributed by atoms with Crippen LogP contribution in [0.15, 0.2) is 17.5 Å². The molecule has 1 spiro atoms. The third-order valence-corrected chi connectivity index (χ3v) is 4.85. The molecule has 1 saturated carbocycles. The van der Waals surface area contributed by atoms with Crippen LogP contribution in [0.25, 0.3) is 0 Å². The molecule has 2 aliphatic rings. The Hall–Kier alpha value is -0.910. The lowest BCUT2D eigenvalue weighted by Gasteiger charge is -2.31. The minimum absolute atomic E-state index is 0.000357. The largest absolute Gasteiger partial charge is 0.353 e. The van der Waals surface area contributed by atoms with Gasteiger partial charge in [-0.1, -0.05) is 12.5 Å². The number of hydrogen-bond donors (Lipinski definition) is 1. The van der Waals surface area contributed by atoms with Crippen molar-refractivity contribution in [3.8, 4) is 0 Å². The van der Waals surface area contributed by atoms with Gasteiger partial charge in [0.25, 0.3) is 0 Å². The van der Waals surface area contributed by atoms with E-state index in [1.807, 2.05) is 17.5 Å². The Balaban J connectivity index is 1.42. The van der Waals surface area contributed by atoms with Crippen LogP contribution in [0.1, 0.15) is 37.0 Å². The van der Waals surface area contributed by atoms with Crippen LogP contribution in [0.3, 0.4) is 0 Å². The number of nitrogens with one attached hydrogen (secondary N) is 1. The van der Waals surface area contributed by atoms with Crippen LogP contribution in [0.2, 0.25) is 0 Å². The molecule has 5 heteroatoms. The van der Waals surface area contributed by atoms with Crippen molar-refractivity contribution in [2.45, 2.75) is 50.4 Å². The first-order valence-corrected chi connectivity index (χ1v) is 8.25. The molecule has 4 nitrogen and oxygen atoms in total. The predicted octanol–water partition coefficient (Wildman–Crippen LogP) is 2.48. The molecule has 2 fully saturated rings. The lowest BCUT2D eigenvalue weighted by Crippen LogP contribution is -2.37. The summed E-state index contributed by atoms with van der Waals surface area (Å²) in [6, 6.07) is 3.95. The number of thiophene rings is 1. The standard InChI is InChI=1S/C15H21NO3S/c17-14(9-13-5-4-8-20-13)16-10-12-11-18-15(19-12)6-2-1-3-7-15/h4-5,8,12H,1-3,6-7,9-11H2,(H,16,17). The summed E-state index contributed by atoms with van der Waals surface area (Å²) in [5, 5.41) is 4.94. The Morgan fingerprint density at radius 3 is 3.00 bits per heavy atom. The first-order chi connectivity index (χ1) is 9.76. The molecule has 20 heavy (non-hydrogen) atoms. The van der Waals surface area contributed by atoms with E-state index in [2.05, 4.69) is 5.32 Å². The SMILES string of the molecule is O=C(Cc1cccs1)NCC1COC2(CCCCC2)O1. The highest BCUT2D eigenvalue weighted by Gasteiger charge is 2.42. The van der Waals surface area contributed by atoms with E-state index in [1.165, 1.54) is 19.3 Å². The fraction of sp³-hybridized carbons (Fsp3) is 0.667. The Bertz CT molecular complexity index is 440. The third-order valence-electron chi connectivity index (χ3n) is 3.97. The van der Waals surface area contributed by atoms with Crippen LogP contribution in [0, 0.1) is 0 Å². The second kappa shape index (κ2) is 6.24.